The summed E-state index contributed by atoms with van der Waals surface area (Å²) < 4.78 is 0. The van der Waals surface area contributed by atoms with Gasteiger partial charge in [-0.1, -0.05) is 36.4 Å². The summed E-state index contributed by atoms with van der Waals surface area (Å²) in [7, 11) is 0. The van der Waals surface area contributed by atoms with Gasteiger partial charge in [-0.25, -0.2) is 4.98 Å². The summed E-state index contributed by atoms with van der Waals surface area (Å²) in [5.74, 6) is 0.151. The number of hydrogen-bond donors (Lipinski definition) is 1. The molecule has 5 nitrogen and oxygen atoms in total. The normalized spacial score (nSPS) is 16.6. The number of aromatic nitrogens is 2. The Kier molecular flexibility index (Phi) is 5.55. The van der Waals surface area contributed by atoms with Crippen LogP contribution in [0.25, 0.3) is 11.3 Å². The van der Waals surface area contributed by atoms with E-state index in [0.29, 0.717) is 6.42 Å². The van der Waals surface area contributed by atoms with Crippen LogP contribution in [0.5, 0.6) is 0 Å². The first kappa shape index (κ1) is 17.8. The number of nitrogens with zero attached hydrogens (tertiary/aromatic N) is 3. The number of thiazole rings is 1. The first-order valence-corrected chi connectivity index (χ1v) is 10.1. The molecule has 1 aliphatic heterocycles. The van der Waals surface area contributed by atoms with Gasteiger partial charge in [-0.3, -0.25) is 14.7 Å². The van der Waals surface area contributed by atoms with Crippen LogP contribution >= 0.6 is 11.3 Å². The third kappa shape index (κ3) is 4.78. The van der Waals surface area contributed by atoms with Crippen LogP contribution in [-0.4, -0.2) is 33.4 Å². The maximum Gasteiger partial charge on any atom is 0.220 e. The van der Waals surface area contributed by atoms with Crippen LogP contribution in [0.3, 0.4) is 0 Å². The number of carbonyl (C=O) groups is 1. The van der Waals surface area contributed by atoms with Gasteiger partial charge in [0.1, 0.15) is 5.01 Å². The Morgan fingerprint density at radius 1 is 1.11 bits per heavy atom. The Morgan fingerprint density at radius 3 is 2.70 bits per heavy atom. The van der Waals surface area contributed by atoms with E-state index in [-0.39, 0.29) is 11.9 Å². The van der Waals surface area contributed by atoms with Gasteiger partial charge in [0.05, 0.1) is 17.9 Å². The van der Waals surface area contributed by atoms with Crippen LogP contribution in [0.15, 0.2) is 60.1 Å². The number of pyridine rings is 1. The molecule has 27 heavy (non-hydrogen) atoms. The molecule has 0 bridgehead atoms. The van der Waals surface area contributed by atoms with Crippen molar-refractivity contribution in [1.82, 2.24) is 20.2 Å². The lowest BCUT2D eigenvalue weighted by atomic mass is 10.2. The van der Waals surface area contributed by atoms with Crippen molar-refractivity contribution in [2.75, 3.05) is 6.54 Å². The van der Waals surface area contributed by atoms with E-state index >= 15 is 0 Å². The third-order valence-electron chi connectivity index (χ3n) is 4.66. The van der Waals surface area contributed by atoms with E-state index in [9.17, 15) is 4.79 Å². The number of nitrogens with one attached hydrogen (secondary N) is 1. The fraction of sp³-hybridized carbons (Fsp3) is 0.286. The van der Waals surface area contributed by atoms with E-state index in [1.807, 2.05) is 42.6 Å². The molecule has 6 heteroatoms. The molecule has 0 radical (unpaired) electrons. The molecule has 1 fully saturated rings. The lowest BCUT2D eigenvalue weighted by Crippen LogP contribution is -2.38. The highest BCUT2D eigenvalue weighted by Crippen LogP contribution is 2.23. The van der Waals surface area contributed by atoms with Gasteiger partial charge in [0.2, 0.25) is 5.91 Å². The molecular formula is C21H22N4OS. The maximum atomic E-state index is 11.6. The molecule has 0 spiro atoms. The van der Waals surface area contributed by atoms with E-state index in [0.717, 1.165) is 48.0 Å². The molecular weight excluding hydrogens is 356 g/mol. The van der Waals surface area contributed by atoms with Crippen molar-refractivity contribution in [3.63, 3.8) is 0 Å². The molecule has 2 aromatic heterocycles. The topological polar surface area (TPSA) is 58.1 Å². The molecule has 0 saturated carbocycles. The average Bonchev–Trinajstić information content (AvgIpc) is 3.32. The van der Waals surface area contributed by atoms with Crippen LogP contribution < -0.4 is 5.32 Å². The molecule has 1 aliphatic rings. The zero-order valence-corrected chi connectivity index (χ0v) is 15.9. The standard InChI is InChI=1S/C21H22N4OS/c26-20-10-9-18(23-20)13-25(12-17-8-4-5-11-22-17)14-21-24-19(15-27-21)16-6-2-1-3-7-16/h1-8,11,15,18H,9-10,12-14H2,(H,23,26)/t18-/m0/s1. The molecule has 3 aromatic rings. The van der Waals surface area contributed by atoms with E-state index in [2.05, 4.69) is 32.7 Å². The van der Waals surface area contributed by atoms with Crippen molar-refractivity contribution in [3.05, 3.63) is 70.8 Å². The Bertz CT molecular complexity index is 881. The molecule has 138 valence electrons. The second-order valence-corrected chi connectivity index (χ2v) is 7.73. The molecule has 1 saturated heterocycles. The summed E-state index contributed by atoms with van der Waals surface area (Å²) in [6.45, 7) is 2.30. The van der Waals surface area contributed by atoms with Crippen LogP contribution in [-0.2, 0) is 17.9 Å². The fourth-order valence-corrected chi connectivity index (χ4v) is 4.19. The van der Waals surface area contributed by atoms with Crippen molar-refractivity contribution in [3.8, 4) is 11.3 Å². The first-order valence-electron chi connectivity index (χ1n) is 9.18. The van der Waals surface area contributed by atoms with Gasteiger partial charge in [-0.05, 0) is 18.6 Å². The maximum absolute atomic E-state index is 11.6. The zero-order valence-electron chi connectivity index (χ0n) is 15.0. The predicted octanol–water partition coefficient (Wildman–Crippen LogP) is 3.49. The van der Waals surface area contributed by atoms with E-state index < -0.39 is 0 Å². The smallest absolute Gasteiger partial charge is 0.220 e. The first-order chi connectivity index (χ1) is 13.3. The molecule has 3 heterocycles. The van der Waals surface area contributed by atoms with Gasteiger partial charge in [0.25, 0.3) is 0 Å². The van der Waals surface area contributed by atoms with Crippen LogP contribution in [0.1, 0.15) is 23.5 Å². The summed E-state index contributed by atoms with van der Waals surface area (Å²) in [4.78, 5) is 23.2. The quantitative estimate of drug-likeness (QED) is 0.684. The zero-order chi connectivity index (χ0) is 18.5. The minimum Gasteiger partial charge on any atom is -0.352 e. The Hall–Kier alpha value is -2.57. The highest BCUT2D eigenvalue weighted by molar-refractivity contribution is 7.09. The monoisotopic (exact) mass is 378 g/mol. The van der Waals surface area contributed by atoms with E-state index in [4.69, 9.17) is 4.98 Å². The molecule has 1 N–H and O–H groups in total. The number of carbonyl (C=O) groups excluding carboxylic acids is 1. The van der Waals surface area contributed by atoms with Gasteiger partial charge in [0, 0.05) is 42.7 Å². The molecule has 1 atom stereocenters. The molecule has 0 unspecified atom stereocenters. The highest BCUT2D eigenvalue weighted by Gasteiger charge is 2.24. The second kappa shape index (κ2) is 8.41. The van der Waals surface area contributed by atoms with Crippen molar-refractivity contribution >= 4 is 17.2 Å². The Labute approximate surface area is 163 Å². The van der Waals surface area contributed by atoms with Gasteiger partial charge in [-0.15, -0.1) is 11.3 Å². The number of rotatable bonds is 7. The van der Waals surface area contributed by atoms with Crippen LogP contribution in [0.2, 0.25) is 0 Å². The van der Waals surface area contributed by atoms with E-state index in [1.165, 1.54) is 0 Å². The SMILES string of the molecule is O=C1CC[C@@H](CN(Cc2ccccn2)Cc2nc(-c3ccccc3)cs2)N1. The van der Waals surface area contributed by atoms with Gasteiger partial charge in [-0.2, -0.15) is 0 Å². The third-order valence-corrected chi connectivity index (χ3v) is 5.49. The van der Waals surface area contributed by atoms with Crippen LogP contribution in [0.4, 0.5) is 0 Å². The van der Waals surface area contributed by atoms with Crippen molar-refractivity contribution in [2.45, 2.75) is 32.0 Å². The van der Waals surface area contributed by atoms with E-state index in [1.54, 1.807) is 11.3 Å². The van der Waals surface area contributed by atoms with Crippen LogP contribution in [0, 0.1) is 0 Å². The minimum atomic E-state index is 0.151. The summed E-state index contributed by atoms with van der Waals surface area (Å²) in [5.41, 5.74) is 3.18. The largest absolute Gasteiger partial charge is 0.352 e. The lowest BCUT2D eigenvalue weighted by molar-refractivity contribution is -0.119. The molecule has 1 amide bonds. The summed E-state index contributed by atoms with van der Waals surface area (Å²) >= 11 is 1.68. The Morgan fingerprint density at radius 2 is 1.96 bits per heavy atom. The summed E-state index contributed by atoms with van der Waals surface area (Å²) in [6, 6.07) is 16.4. The molecule has 1 aromatic carbocycles. The summed E-state index contributed by atoms with van der Waals surface area (Å²) in [5, 5.41) is 6.26. The Balaban J connectivity index is 1.48. The van der Waals surface area contributed by atoms with Crippen molar-refractivity contribution in [2.24, 2.45) is 0 Å². The van der Waals surface area contributed by atoms with Crippen molar-refractivity contribution < 1.29 is 4.79 Å². The van der Waals surface area contributed by atoms with Gasteiger partial charge in [0.15, 0.2) is 0 Å². The van der Waals surface area contributed by atoms with Gasteiger partial charge >= 0.3 is 0 Å². The molecule has 0 aliphatic carbocycles. The molecule has 4 rings (SSSR count). The predicted molar refractivity (Wildman–Crippen MR) is 107 cm³/mol. The fourth-order valence-electron chi connectivity index (χ4n) is 3.35. The number of benzene rings is 1. The van der Waals surface area contributed by atoms with Gasteiger partial charge < -0.3 is 5.32 Å². The van der Waals surface area contributed by atoms with Crippen molar-refractivity contribution in [1.29, 1.82) is 0 Å². The minimum absolute atomic E-state index is 0.151. The summed E-state index contributed by atoms with van der Waals surface area (Å²) in [6.07, 6.45) is 3.34. The lowest BCUT2D eigenvalue weighted by Gasteiger charge is -2.24. The average molecular weight is 379 g/mol. The second-order valence-electron chi connectivity index (χ2n) is 6.79. The number of amides is 1. The highest BCUT2D eigenvalue weighted by atomic mass is 32.1. The number of hydrogen-bond acceptors (Lipinski definition) is 5.